The van der Waals surface area contributed by atoms with Crippen LogP contribution in [-0.4, -0.2) is 6.10 Å². The molecule has 2 aromatic carbocycles. The Bertz CT molecular complexity index is 617. The summed E-state index contributed by atoms with van der Waals surface area (Å²) < 4.78 is 19.4. The van der Waals surface area contributed by atoms with Crippen LogP contribution < -0.4 is 15.8 Å². The van der Waals surface area contributed by atoms with E-state index in [1.807, 2.05) is 13.8 Å². The van der Waals surface area contributed by atoms with Gasteiger partial charge in [-0.25, -0.2) is 4.39 Å². The Hall–Kier alpha value is -1.94. The molecule has 0 aliphatic carbocycles. The number of hydrogen-bond donors (Lipinski definition) is 2. The lowest BCUT2D eigenvalue weighted by Gasteiger charge is -2.14. The molecule has 5 heteroatoms. The van der Waals surface area contributed by atoms with Crippen LogP contribution in [0.1, 0.15) is 13.8 Å². The van der Waals surface area contributed by atoms with Crippen LogP contribution in [0.25, 0.3) is 0 Å². The van der Waals surface area contributed by atoms with Crippen molar-refractivity contribution in [1.82, 2.24) is 0 Å². The zero-order valence-corrected chi connectivity index (χ0v) is 12.0. The zero-order valence-electron chi connectivity index (χ0n) is 11.3. The summed E-state index contributed by atoms with van der Waals surface area (Å²) in [4.78, 5) is 0. The van der Waals surface area contributed by atoms with Crippen molar-refractivity contribution < 1.29 is 9.13 Å². The van der Waals surface area contributed by atoms with Crippen molar-refractivity contribution in [1.29, 1.82) is 0 Å². The fraction of sp³-hybridized carbons (Fsp3) is 0.200. The minimum atomic E-state index is -0.489. The van der Waals surface area contributed by atoms with Crippen LogP contribution in [0, 0.1) is 5.82 Å². The second kappa shape index (κ2) is 6.01. The maximum atomic E-state index is 13.8. The molecule has 20 heavy (non-hydrogen) atoms. The van der Waals surface area contributed by atoms with Crippen molar-refractivity contribution in [2.75, 3.05) is 11.1 Å². The molecule has 0 aromatic heterocycles. The van der Waals surface area contributed by atoms with Gasteiger partial charge in [0.15, 0.2) is 5.82 Å². The number of nitrogens with one attached hydrogen (secondary N) is 1. The van der Waals surface area contributed by atoms with E-state index in [0.717, 1.165) is 0 Å². The van der Waals surface area contributed by atoms with Crippen molar-refractivity contribution in [3.8, 4) is 5.75 Å². The normalized spacial score (nSPS) is 10.7. The van der Waals surface area contributed by atoms with Crippen LogP contribution in [0.15, 0.2) is 36.4 Å². The molecule has 2 aromatic rings. The molecule has 0 spiro atoms. The monoisotopic (exact) mass is 294 g/mol. The predicted molar refractivity (Wildman–Crippen MR) is 81.3 cm³/mol. The summed E-state index contributed by atoms with van der Waals surface area (Å²) in [5.74, 6) is 0.0738. The molecule has 0 saturated heterocycles. The Morgan fingerprint density at radius 2 is 2.00 bits per heavy atom. The summed E-state index contributed by atoms with van der Waals surface area (Å²) in [6, 6.07) is 9.98. The minimum absolute atomic E-state index is 0.00968. The van der Waals surface area contributed by atoms with Crippen molar-refractivity contribution in [3.63, 3.8) is 0 Å². The highest BCUT2D eigenvalue weighted by Crippen LogP contribution is 2.30. The van der Waals surface area contributed by atoms with E-state index in [9.17, 15) is 4.39 Å². The van der Waals surface area contributed by atoms with E-state index in [1.165, 1.54) is 6.07 Å². The van der Waals surface area contributed by atoms with Crippen LogP contribution in [-0.2, 0) is 0 Å². The number of anilines is 3. The van der Waals surface area contributed by atoms with Gasteiger partial charge in [0.25, 0.3) is 0 Å². The summed E-state index contributed by atoms with van der Waals surface area (Å²) in [5, 5.41) is 3.03. The van der Waals surface area contributed by atoms with Crippen LogP contribution in [0.2, 0.25) is 5.02 Å². The highest BCUT2D eigenvalue weighted by atomic mass is 35.5. The summed E-state index contributed by atoms with van der Waals surface area (Å²) in [7, 11) is 0. The molecule has 0 fully saturated rings. The minimum Gasteiger partial charge on any atom is -0.489 e. The Balaban J connectivity index is 2.27. The average molecular weight is 295 g/mol. The van der Waals surface area contributed by atoms with Crippen molar-refractivity contribution in [2.24, 2.45) is 0 Å². The molecule has 0 bridgehead atoms. The molecule has 0 unspecified atom stereocenters. The van der Waals surface area contributed by atoms with E-state index in [0.29, 0.717) is 22.8 Å². The lowest BCUT2D eigenvalue weighted by atomic mass is 10.2. The number of benzene rings is 2. The number of nitrogen functional groups attached to an aromatic ring is 1. The smallest absolute Gasteiger partial charge is 0.165 e. The number of nitrogens with two attached hydrogens (primary N) is 1. The van der Waals surface area contributed by atoms with Crippen LogP contribution in [0.4, 0.5) is 21.5 Å². The van der Waals surface area contributed by atoms with Gasteiger partial charge in [0.2, 0.25) is 0 Å². The highest BCUT2D eigenvalue weighted by molar-refractivity contribution is 6.31. The molecule has 0 saturated carbocycles. The summed E-state index contributed by atoms with van der Waals surface area (Å²) in [6.07, 6.45) is 0.00968. The van der Waals surface area contributed by atoms with E-state index >= 15 is 0 Å². The molecule has 0 aliphatic rings. The molecule has 106 valence electrons. The molecule has 0 aliphatic heterocycles. The van der Waals surface area contributed by atoms with Gasteiger partial charge >= 0.3 is 0 Å². The molecular formula is C15H16ClFN2O. The number of hydrogen-bond acceptors (Lipinski definition) is 3. The first kappa shape index (κ1) is 14.5. The maximum Gasteiger partial charge on any atom is 0.165 e. The largest absolute Gasteiger partial charge is 0.489 e. The number of rotatable bonds is 4. The highest BCUT2D eigenvalue weighted by Gasteiger charge is 2.08. The van der Waals surface area contributed by atoms with Crippen LogP contribution in [0.3, 0.4) is 0 Å². The lowest BCUT2D eigenvalue weighted by molar-refractivity contribution is 0.244. The molecule has 2 rings (SSSR count). The van der Waals surface area contributed by atoms with Gasteiger partial charge in [0.1, 0.15) is 5.75 Å². The van der Waals surface area contributed by atoms with Gasteiger partial charge in [0.05, 0.1) is 22.5 Å². The van der Waals surface area contributed by atoms with Crippen LogP contribution in [0.5, 0.6) is 5.75 Å². The molecule has 3 N–H and O–H groups in total. The summed E-state index contributed by atoms with van der Waals surface area (Å²) >= 11 is 5.75. The first-order chi connectivity index (χ1) is 9.47. The quantitative estimate of drug-likeness (QED) is 0.811. The van der Waals surface area contributed by atoms with Gasteiger partial charge < -0.3 is 15.8 Å². The van der Waals surface area contributed by atoms with Gasteiger partial charge in [-0.15, -0.1) is 0 Å². The van der Waals surface area contributed by atoms with E-state index in [-0.39, 0.29) is 11.1 Å². The molecule has 3 nitrogen and oxygen atoms in total. The number of halogens is 2. The predicted octanol–water partition coefficient (Wildman–Crippen LogP) is 4.59. The lowest BCUT2D eigenvalue weighted by Crippen LogP contribution is -2.07. The van der Waals surface area contributed by atoms with E-state index in [4.69, 9.17) is 22.1 Å². The first-order valence-corrected chi connectivity index (χ1v) is 6.62. The zero-order chi connectivity index (χ0) is 14.7. The van der Waals surface area contributed by atoms with Crippen molar-refractivity contribution >= 4 is 28.7 Å². The SMILES string of the molecule is CC(C)Oc1cc(Nc2cccc(Cl)c2F)ccc1N. The third-order valence-corrected chi connectivity index (χ3v) is 2.90. The van der Waals surface area contributed by atoms with Gasteiger partial charge in [-0.2, -0.15) is 0 Å². The molecule has 0 heterocycles. The molecule has 0 radical (unpaired) electrons. The average Bonchev–Trinajstić information content (AvgIpc) is 2.38. The van der Waals surface area contributed by atoms with Crippen molar-refractivity contribution in [3.05, 3.63) is 47.2 Å². The van der Waals surface area contributed by atoms with Gasteiger partial charge in [-0.1, -0.05) is 17.7 Å². The Morgan fingerprint density at radius 3 is 2.70 bits per heavy atom. The third-order valence-electron chi connectivity index (χ3n) is 2.61. The van der Waals surface area contributed by atoms with Gasteiger partial charge in [0, 0.05) is 11.8 Å². The Morgan fingerprint density at radius 1 is 1.25 bits per heavy atom. The van der Waals surface area contributed by atoms with E-state index < -0.39 is 5.82 Å². The fourth-order valence-corrected chi connectivity index (χ4v) is 1.90. The molecule has 0 amide bonds. The topological polar surface area (TPSA) is 47.3 Å². The second-order valence-corrected chi connectivity index (χ2v) is 5.05. The summed E-state index contributed by atoms with van der Waals surface area (Å²) in [6.45, 7) is 3.83. The number of ether oxygens (including phenoxy) is 1. The van der Waals surface area contributed by atoms with Crippen LogP contribution >= 0.6 is 11.6 Å². The van der Waals surface area contributed by atoms with Gasteiger partial charge in [-0.3, -0.25) is 0 Å². The Kier molecular flexibility index (Phi) is 4.35. The Labute approximate surface area is 122 Å². The van der Waals surface area contributed by atoms with E-state index in [2.05, 4.69) is 5.32 Å². The van der Waals surface area contributed by atoms with Gasteiger partial charge in [-0.05, 0) is 38.1 Å². The summed E-state index contributed by atoms with van der Waals surface area (Å²) in [5.41, 5.74) is 7.36. The first-order valence-electron chi connectivity index (χ1n) is 6.24. The third kappa shape index (κ3) is 3.33. The molecular weight excluding hydrogens is 279 g/mol. The second-order valence-electron chi connectivity index (χ2n) is 4.65. The van der Waals surface area contributed by atoms with Crippen molar-refractivity contribution in [2.45, 2.75) is 20.0 Å². The van der Waals surface area contributed by atoms with E-state index in [1.54, 1.807) is 30.3 Å². The fourth-order valence-electron chi connectivity index (χ4n) is 1.72. The maximum absolute atomic E-state index is 13.8. The molecule has 0 atom stereocenters. The standard InChI is InChI=1S/C15H16ClFN2O/c1-9(2)20-14-8-10(6-7-12(14)18)19-13-5-3-4-11(16)15(13)17/h3-9,19H,18H2,1-2H3.